The zero-order valence-corrected chi connectivity index (χ0v) is 40.4. The van der Waals surface area contributed by atoms with Gasteiger partial charge in [-0.15, -0.1) is 0 Å². The maximum atomic E-state index is 13.0. The van der Waals surface area contributed by atoms with Crippen molar-refractivity contribution in [3.63, 3.8) is 0 Å². The molecular weight excluding hydrogens is 1100 g/mol. The molecule has 0 radical (unpaired) electrons. The molecule has 10 aromatic carbocycles. The van der Waals surface area contributed by atoms with Crippen LogP contribution in [0.4, 0.5) is 0 Å². The van der Waals surface area contributed by atoms with Crippen molar-refractivity contribution in [1.82, 2.24) is 0 Å². The van der Waals surface area contributed by atoms with Crippen LogP contribution in [0.2, 0.25) is 0 Å². The third kappa shape index (κ3) is 5.98. The van der Waals surface area contributed by atoms with Crippen molar-refractivity contribution in [2.45, 2.75) is 13.8 Å². The van der Waals surface area contributed by atoms with E-state index in [2.05, 4.69) is 0 Å². The van der Waals surface area contributed by atoms with Crippen LogP contribution in [0, 0.1) is 13.8 Å². The van der Waals surface area contributed by atoms with Gasteiger partial charge in [-0.05, 0) is 13.8 Å². The molecule has 0 saturated heterocycles. The van der Waals surface area contributed by atoms with Crippen molar-refractivity contribution in [3.8, 4) is 217 Å². The van der Waals surface area contributed by atoms with Gasteiger partial charge in [0.15, 0.2) is 115 Å². The Morgan fingerprint density at radius 3 is 0.683 bits per heavy atom. The standard InChI is InChI=1S/C52H36O30/c1-3-5-16(42(72)46(76)24(3)54)27(57)21(39(69)28(5)58)22-40(70)36(66)17(37(67)41(22)71)7-11-8(26(56)19(38(68)30(11)60)15-14-18(43(73)48(78)34(15)64)23(53)4(2)25(55)29(14)59)6(9-12(7)33(63)50(80)49(79)32(9)62)10-13-20(44(74)47(77)31(10)61)45(75)52(82)51(81)35(13)65/h53-82H,1-2H3. The summed E-state index contributed by atoms with van der Waals surface area (Å²) < 4.78 is 0. The smallest absolute Gasteiger partial charge is 0.205 e. The van der Waals surface area contributed by atoms with E-state index in [0.717, 1.165) is 13.8 Å². The van der Waals surface area contributed by atoms with Crippen LogP contribution in [0.15, 0.2) is 0 Å². The number of rotatable bonds is 4. The van der Waals surface area contributed by atoms with Crippen LogP contribution < -0.4 is 0 Å². The van der Waals surface area contributed by atoms with Gasteiger partial charge in [-0.3, -0.25) is 0 Å². The highest BCUT2D eigenvalue weighted by Gasteiger charge is 2.42. The van der Waals surface area contributed by atoms with Gasteiger partial charge in [-0.1, -0.05) is 0 Å². The molecule has 424 valence electrons. The number of hydrogen-bond acceptors (Lipinski definition) is 30. The third-order valence-electron chi connectivity index (χ3n) is 14.5. The van der Waals surface area contributed by atoms with Crippen LogP contribution >= 0.6 is 0 Å². The molecule has 0 bridgehead atoms. The number of aromatic hydroxyl groups is 30. The van der Waals surface area contributed by atoms with Gasteiger partial charge < -0.3 is 153 Å². The molecule has 0 atom stereocenters. The van der Waals surface area contributed by atoms with Crippen molar-refractivity contribution in [1.29, 1.82) is 0 Å². The lowest BCUT2D eigenvalue weighted by Crippen LogP contribution is -1.99. The van der Waals surface area contributed by atoms with Gasteiger partial charge in [0.25, 0.3) is 0 Å². The minimum Gasteiger partial charge on any atom is -0.507 e. The van der Waals surface area contributed by atoms with Gasteiger partial charge in [-0.2, -0.15) is 0 Å². The Morgan fingerprint density at radius 2 is 0.280 bits per heavy atom. The highest BCUT2D eigenvalue weighted by atomic mass is 16.4. The normalized spacial score (nSPS) is 11.8. The van der Waals surface area contributed by atoms with Gasteiger partial charge in [-0.25, -0.2) is 0 Å². The van der Waals surface area contributed by atoms with E-state index >= 15 is 0 Å². The van der Waals surface area contributed by atoms with Crippen LogP contribution in [0.1, 0.15) is 11.1 Å². The molecule has 0 aliphatic rings. The van der Waals surface area contributed by atoms with Crippen LogP contribution in [0.3, 0.4) is 0 Å². The van der Waals surface area contributed by atoms with E-state index in [0.29, 0.717) is 0 Å². The van der Waals surface area contributed by atoms with Gasteiger partial charge in [0.05, 0.1) is 38.4 Å². The summed E-state index contributed by atoms with van der Waals surface area (Å²) in [4.78, 5) is 0. The fraction of sp³-hybridized carbons (Fsp3) is 0.0385. The van der Waals surface area contributed by atoms with E-state index in [-0.39, 0.29) is 0 Å². The van der Waals surface area contributed by atoms with Gasteiger partial charge in [0, 0.05) is 71.1 Å². The van der Waals surface area contributed by atoms with Crippen molar-refractivity contribution in [2.24, 2.45) is 0 Å². The fourth-order valence-corrected chi connectivity index (χ4v) is 10.5. The van der Waals surface area contributed by atoms with E-state index in [1.165, 1.54) is 0 Å². The summed E-state index contributed by atoms with van der Waals surface area (Å²) in [7, 11) is 0. The van der Waals surface area contributed by atoms with Crippen LogP contribution in [0.25, 0.3) is 98.4 Å². The van der Waals surface area contributed by atoms with Crippen molar-refractivity contribution < 1.29 is 153 Å². The summed E-state index contributed by atoms with van der Waals surface area (Å²) >= 11 is 0. The Morgan fingerprint density at radius 1 is 0.110 bits per heavy atom. The lowest BCUT2D eigenvalue weighted by Gasteiger charge is -2.26. The van der Waals surface area contributed by atoms with Crippen molar-refractivity contribution in [2.75, 3.05) is 0 Å². The second-order valence-corrected chi connectivity index (χ2v) is 18.5. The predicted molar refractivity (Wildman–Crippen MR) is 275 cm³/mol. The monoisotopic (exact) mass is 1140 g/mol. The first-order valence-electron chi connectivity index (χ1n) is 22.5. The van der Waals surface area contributed by atoms with E-state index in [1.54, 1.807) is 0 Å². The first-order chi connectivity index (χ1) is 38.1. The lowest BCUT2D eigenvalue weighted by molar-refractivity contribution is 0.347. The number of benzene rings is 10. The Balaban J connectivity index is 1.55. The molecule has 0 spiro atoms. The maximum absolute atomic E-state index is 13.0. The van der Waals surface area contributed by atoms with Crippen molar-refractivity contribution in [3.05, 3.63) is 11.1 Å². The molecule has 0 heterocycles. The second-order valence-electron chi connectivity index (χ2n) is 18.5. The topological polar surface area (TPSA) is 607 Å². The average Bonchev–Trinajstić information content (AvgIpc) is 0.922. The largest absolute Gasteiger partial charge is 0.507 e. The number of phenolic OH excluding ortho intramolecular Hbond substituents is 30. The van der Waals surface area contributed by atoms with Gasteiger partial charge >= 0.3 is 0 Å². The van der Waals surface area contributed by atoms with Gasteiger partial charge in [0.1, 0.15) is 17.2 Å². The van der Waals surface area contributed by atoms with Gasteiger partial charge in [0.2, 0.25) is 40.2 Å². The Labute approximate surface area is 448 Å². The highest BCUT2D eigenvalue weighted by Crippen LogP contribution is 2.71. The highest BCUT2D eigenvalue weighted by molar-refractivity contribution is 6.34. The predicted octanol–water partition coefficient (Wildman–Crippen LogP) is 5.91. The van der Waals surface area contributed by atoms with Crippen LogP contribution in [-0.2, 0) is 0 Å². The molecule has 30 heteroatoms. The zero-order valence-electron chi connectivity index (χ0n) is 40.4. The quantitative estimate of drug-likeness (QED) is 0.0553. The number of phenols is 30. The van der Waals surface area contributed by atoms with E-state index in [9.17, 15) is 153 Å². The van der Waals surface area contributed by atoms with Crippen LogP contribution in [0.5, 0.6) is 172 Å². The summed E-state index contributed by atoms with van der Waals surface area (Å²) in [6, 6.07) is 0. The summed E-state index contributed by atoms with van der Waals surface area (Å²) in [5.74, 6) is -51.1. The maximum Gasteiger partial charge on any atom is 0.205 e. The molecule has 0 aliphatic carbocycles. The number of aryl methyl sites for hydroxylation is 1. The third-order valence-corrected chi connectivity index (χ3v) is 14.5. The first-order valence-corrected chi connectivity index (χ1v) is 22.5. The molecular formula is C52H36O30. The molecule has 0 aliphatic heterocycles. The number of hydrogen-bond donors (Lipinski definition) is 30. The summed E-state index contributed by atoms with van der Waals surface area (Å²) in [6.45, 7) is 1.92. The molecule has 10 rings (SSSR count). The molecule has 0 saturated carbocycles. The Bertz CT molecular complexity index is 4710. The minimum absolute atomic E-state index is 0.539. The molecule has 0 unspecified atom stereocenters. The lowest BCUT2D eigenvalue weighted by atomic mass is 9.79. The molecule has 0 amide bonds. The van der Waals surface area contributed by atoms with Crippen molar-refractivity contribution >= 4 is 53.9 Å². The van der Waals surface area contributed by atoms with E-state index in [1.807, 2.05) is 0 Å². The van der Waals surface area contributed by atoms with Crippen LogP contribution in [-0.4, -0.2) is 153 Å². The molecule has 30 nitrogen and oxygen atoms in total. The molecule has 0 fully saturated rings. The van der Waals surface area contributed by atoms with E-state index in [4.69, 9.17) is 0 Å². The number of fused-ring (bicyclic) bond motifs is 5. The first kappa shape index (κ1) is 52.9. The fourth-order valence-electron chi connectivity index (χ4n) is 10.5. The summed E-state index contributed by atoms with van der Waals surface area (Å²) in [5.41, 5.74) is -13.8. The average molecular weight is 1140 g/mol. The summed E-state index contributed by atoms with van der Waals surface area (Å²) in [5, 5.41) is 330. The minimum atomic E-state index is -1.99. The summed E-state index contributed by atoms with van der Waals surface area (Å²) in [6.07, 6.45) is 0. The SMILES string of the molecule is Cc1c(O)c(O)c2c(-c3c(O)c(O)c4c(-c5c(O)c(O)c(-c6c(O)c(O)c7c(C)c(O)c(O)c(O)c7c6O)c(O)c5O)c5c(O)c(O)c(O)c(O)c5c(-c5c(O)c(O)c(O)c6c(O)c(O)c(O)c(O)c56)c4c3O)c(O)c(O)c(O)c2c1O. The molecule has 10 aromatic rings. The molecule has 30 N–H and O–H groups in total. The zero-order chi connectivity index (χ0) is 60.9. The molecule has 0 aromatic heterocycles. The second kappa shape index (κ2) is 16.5. The Kier molecular flexibility index (Phi) is 10.7. The van der Waals surface area contributed by atoms with E-state index < -0.39 is 282 Å². The Hall–Kier alpha value is -12.5. The molecule has 82 heavy (non-hydrogen) atoms.